The van der Waals surface area contributed by atoms with Crippen molar-refractivity contribution in [2.24, 2.45) is 5.73 Å². The molecule has 1 aromatic carbocycles. The molecule has 0 aliphatic rings. The first-order valence-corrected chi connectivity index (χ1v) is 6.49. The van der Waals surface area contributed by atoms with Crippen LogP contribution >= 0.6 is 0 Å². The zero-order valence-corrected chi connectivity index (χ0v) is 11.5. The van der Waals surface area contributed by atoms with E-state index in [4.69, 9.17) is 15.2 Å². The molecule has 0 aliphatic heterocycles. The molecule has 0 aromatic heterocycles. The van der Waals surface area contributed by atoms with Gasteiger partial charge in [-0.15, -0.1) is 0 Å². The van der Waals surface area contributed by atoms with Gasteiger partial charge in [-0.3, -0.25) is 10.1 Å². The Bertz CT molecular complexity index is 364. The molecule has 0 bridgehead atoms. The number of primary amides is 1. The standard InChI is InChI=1S/C14H22N2O3/c1-3-18-12(19-4-2)10-16-13(14(15)17)11-8-6-5-7-9-11/h5-9,12-13,16H,3-4,10H2,1-2H3,(H2,15,17)/t13-/m1/s1. The van der Waals surface area contributed by atoms with Crippen molar-refractivity contribution in [1.82, 2.24) is 5.32 Å². The van der Waals surface area contributed by atoms with Crippen molar-refractivity contribution in [3.63, 3.8) is 0 Å². The van der Waals surface area contributed by atoms with E-state index in [1.807, 2.05) is 44.2 Å². The Balaban J connectivity index is 2.61. The zero-order chi connectivity index (χ0) is 14.1. The Hall–Kier alpha value is -1.43. The number of nitrogens with two attached hydrogens (primary N) is 1. The van der Waals surface area contributed by atoms with Gasteiger partial charge < -0.3 is 15.2 Å². The summed E-state index contributed by atoms with van der Waals surface area (Å²) in [7, 11) is 0. The maximum absolute atomic E-state index is 11.5. The van der Waals surface area contributed by atoms with Crippen molar-refractivity contribution in [2.45, 2.75) is 26.2 Å². The number of rotatable bonds is 9. The molecule has 0 saturated carbocycles. The summed E-state index contributed by atoms with van der Waals surface area (Å²) in [4.78, 5) is 11.5. The van der Waals surface area contributed by atoms with E-state index in [9.17, 15) is 4.79 Å². The fraction of sp³-hybridized carbons (Fsp3) is 0.500. The highest BCUT2D eigenvalue weighted by molar-refractivity contribution is 5.81. The molecule has 0 radical (unpaired) electrons. The fourth-order valence-corrected chi connectivity index (χ4v) is 1.78. The third kappa shape index (κ3) is 5.38. The van der Waals surface area contributed by atoms with Crippen molar-refractivity contribution in [1.29, 1.82) is 0 Å². The lowest BCUT2D eigenvalue weighted by Gasteiger charge is -2.21. The summed E-state index contributed by atoms with van der Waals surface area (Å²) in [5.74, 6) is -0.419. The van der Waals surface area contributed by atoms with Gasteiger partial charge in [0.05, 0.1) is 0 Å². The van der Waals surface area contributed by atoms with Crippen LogP contribution < -0.4 is 11.1 Å². The van der Waals surface area contributed by atoms with Crippen molar-refractivity contribution >= 4 is 5.91 Å². The van der Waals surface area contributed by atoms with E-state index in [1.165, 1.54) is 0 Å². The van der Waals surface area contributed by atoms with E-state index in [-0.39, 0.29) is 6.29 Å². The molecule has 1 atom stereocenters. The predicted octanol–water partition coefficient (Wildman–Crippen LogP) is 1.20. The summed E-state index contributed by atoms with van der Waals surface area (Å²) in [5, 5.41) is 3.08. The van der Waals surface area contributed by atoms with Crippen LogP contribution in [0.2, 0.25) is 0 Å². The monoisotopic (exact) mass is 266 g/mol. The van der Waals surface area contributed by atoms with Gasteiger partial charge in [-0.25, -0.2) is 0 Å². The number of benzene rings is 1. The van der Waals surface area contributed by atoms with Crippen LogP contribution in [0.1, 0.15) is 25.5 Å². The number of amides is 1. The smallest absolute Gasteiger partial charge is 0.239 e. The van der Waals surface area contributed by atoms with Crippen LogP contribution in [0.15, 0.2) is 30.3 Å². The fourth-order valence-electron chi connectivity index (χ4n) is 1.78. The van der Waals surface area contributed by atoms with E-state index in [0.717, 1.165) is 5.56 Å². The van der Waals surface area contributed by atoms with Gasteiger partial charge in [0.15, 0.2) is 6.29 Å². The van der Waals surface area contributed by atoms with Gasteiger partial charge in [0.25, 0.3) is 0 Å². The topological polar surface area (TPSA) is 73.6 Å². The van der Waals surface area contributed by atoms with Gasteiger partial charge in [0, 0.05) is 19.8 Å². The molecule has 5 nitrogen and oxygen atoms in total. The normalized spacial score (nSPS) is 12.6. The van der Waals surface area contributed by atoms with Crippen molar-refractivity contribution in [2.75, 3.05) is 19.8 Å². The van der Waals surface area contributed by atoms with Crippen LogP contribution in [-0.4, -0.2) is 32.0 Å². The highest BCUT2D eigenvalue weighted by Crippen LogP contribution is 2.12. The summed E-state index contributed by atoms with van der Waals surface area (Å²) in [6.07, 6.45) is -0.374. The van der Waals surface area contributed by atoms with E-state index >= 15 is 0 Å². The first-order valence-electron chi connectivity index (χ1n) is 6.49. The summed E-state index contributed by atoms with van der Waals surface area (Å²) >= 11 is 0. The summed E-state index contributed by atoms with van der Waals surface area (Å²) in [5.41, 5.74) is 6.25. The lowest BCUT2D eigenvalue weighted by atomic mass is 10.1. The third-order valence-electron chi connectivity index (χ3n) is 2.61. The Labute approximate surface area is 114 Å². The van der Waals surface area contributed by atoms with E-state index < -0.39 is 11.9 Å². The number of nitrogens with one attached hydrogen (secondary N) is 1. The maximum Gasteiger partial charge on any atom is 0.239 e. The maximum atomic E-state index is 11.5. The minimum absolute atomic E-state index is 0.374. The molecular formula is C14H22N2O3. The van der Waals surface area contributed by atoms with Gasteiger partial charge in [-0.1, -0.05) is 30.3 Å². The summed E-state index contributed by atoms with van der Waals surface area (Å²) < 4.78 is 10.8. The predicted molar refractivity (Wildman–Crippen MR) is 73.4 cm³/mol. The zero-order valence-electron chi connectivity index (χ0n) is 11.5. The first kappa shape index (κ1) is 15.6. The molecule has 3 N–H and O–H groups in total. The van der Waals surface area contributed by atoms with Gasteiger partial charge in [-0.2, -0.15) is 0 Å². The molecule has 0 fully saturated rings. The molecular weight excluding hydrogens is 244 g/mol. The van der Waals surface area contributed by atoms with Crippen LogP contribution in [0, 0.1) is 0 Å². The van der Waals surface area contributed by atoms with E-state index in [1.54, 1.807) is 0 Å². The number of hydrogen-bond donors (Lipinski definition) is 2. The molecule has 0 unspecified atom stereocenters. The SMILES string of the molecule is CCOC(CN[C@@H](C(N)=O)c1ccccc1)OCC. The van der Waals surface area contributed by atoms with E-state index in [0.29, 0.717) is 19.8 Å². The largest absolute Gasteiger partial charge is 0.368 e. The Kier molecular flexibility index (Phi) is 7.10. The third-order valence-corrected chi connectivity index (χ3v) is 2.61. The average molecular weight is 266 g/mol. The molecule has 0 spiro atoms. The highest BCUT2D eigenvalue weighted by Gasteiger charge is 2.19. The molecule has 0 heterocycles. The Morgan fingerprint density at radius 1 is 1.21 bits per heavy atom. The van der Waals surface area contributed by atoms with Gasteiger partial charge in [0.2, 0.25) is 5.91 Å². The molecule has 1 amide bonds. The van der Waals surface area contributed by atoms with Crippen LogP contribution in [0.5, 0.6) is 0 Å². The molecule has 19 heavy (non-hydrogen) atoms. The van der Waals surface area contributed by atoms with Crippen molar-refractivity contribution < 1.29 is 14.3 Å². The number of carbonyl (C=O) groups excluding carboxylic acids is 1. The second-order valence-electron chi connectivity index (χ2n) is 3.99. The molecule has 5 heteroatoms. The van der Waals surface area contributed by atoms with Gasteiger partial charge in [0.1, 0.15) is 6.04 Å². The average Bonchev–Trinajstić information content (AvgIpc) is 2.40. The number of carbonyl (C=O) groups is 1. The van der Waals surface area contributed by atoms with Crippen LogP contribution in [0.25, 0.3) is 0 Å². The molecule has 0 aliphatic carbocycles. The Morgan fingerprint density at radius 3 is 2.26 bits per heavy atom. The van der Waals surface area contributed by atoms with Crippen LogP contribution in [-0.2, 0) is 14.3 Å². The molecule has 0 saturated heterocycles. The van der Waals surface area contributed by atoms with Crippen LogP contribution in [0.4, 0.5) is 0 Å². The molecule has 1 rings (SSSR count). The van der Waals surface area contributed by atoms with Gasteiger partial charge >= 0.3 is 0 Å². The minimum atomic E-state index is -0.537. The second-order valence-corrected chi connectivity index (χ2v) is 3.99. The molecule has 1 aromatic rings. The van der Waals surface area contributed by atoms with Gasteiger partial charge in [-0.05, 0) is 19.4 Å². The van der Waals surface area contributed by atoms with Crippen molar-refractivity contribution in [3.05, 3.63) is 35.9 Å². The number of ether oxygens (including phenoxy) is 2. The van der Waals surface area contributed by atoms with E-state index in [2.05, 4.69) is 5.32 Å². The Morgan fingerprint density at radius 2 is 1.79 bits per heavy atom. The van der Waals surface area contributed by atoms with Crippen molar-refractivity contribution in [3.8, 4) is 0 Å². The number of hydrogen-bond acceptors (Lipinski definition) is 4. The summed E-state index contributed by atoms with van der Waals surface area (Å²) in [6.45, 7) is 5.31. The van der Waals surface area contributed by atoms with Crippen LogP contribution in [0.3, 0.4) is 0 Å². The first-order chi connectivity index (χ1) is 9.19. The lowest BCUT2D eigenvalue weighted by molar-refractivity contribution is -0.135. The minimum Gasteiger partial charge on any atom is -0.368 e. The molecule has 106 valence electrons. The highest BCUT2D eigenvalue weighted by atomic mass is 16.7. The summed E-state index contributed by atoms with van der Waals surface area (Å²) in [6, 6.07) is 8.82. The second kappa shape index (κ2) is 8.63. The quantitative estimate of drug-likeness (QED) is 0.659. The lowest BCUT2D eigenvalue weighted by Crippen LogP contribution is -2.39.